The van der Waals surface area contributed by atoms with Crippen molar-refractivity contribution in [2.24, 2.45) is 28.6 Å². The van der Waals surface area contributed by atoms with E-state index in [0.717, 1.165) is 19.3 Å². The molecule has 3 aliphatic rings. The minimum Gasteiger partial charge on any atom is -0.481 e. The van der Waals surface area contributed by atoms with E-state index < -0.39 is 12.1 Å². The number of hydrogen-bond acceptors (Lipinski definition) is 3. The molecule has 0 radical (unpaired) electrons. The maximum Gasteiger partial charge on any atom is 0.312 e. The SMILES string of the molecule is CC1CC2(C(=O)OC(CC(=O)O)C(C)C)CC3CC3(C1)C2. The highest BCUT2D eigenvalue weighted by Gasteiger charge is 2.70. The summed E-state index contributed by atoms with van der Waals surface area (Å²) >= 11 is 0. The first kappa shape index (κ1) is 14.9. The summed E-state index contributed by atoms with van der Waals surface area (Å²) in [7, 11) is 0. The van der Waals surface area contributed by atoms with E-state index in [2.05, 4.69) is 6.92 Å². The molecule has 0 aliphatic heterocycles. The first-order valence-corrected chi connectivity index (χ1v) is 8.19. The van der Waals surface area contributed by atoms with Crippen LogP contribution in [-0.2, 0) is 14.3 Å². The maximum atomic E-state index is 12.8. The van der Waals surface area contributed by atoms with Gasteiger partial charge in [-0.1, -0.05) is 20.8 Å². The van der Waals surface area contributed by atoms with Crippen LogP contribution in [0.25, 0.3) is 0 Å². The van der Waals surface area contributed by atoms with Crippen LogP contribution in [0.4, 0.5) is 0 Å². The van der Waals surface area contributed by atoms with E-state index in [1.54, 1.807) is 0 Å². The highest BCUT2D eigenvalue weighted by Crippen LogP contribution is 2.76. The number of carbonyl (C=O) groups excluding carboxylic acids is 1. The van der Waals surface area contributed by atoms with Crippen LogP contribution in [0.2, 0.25) is 0 Å². The summed E-state index contributed by atoms with van der Waals surface area (Å²) in [6, 6.07) is 0. The smallest absolute Gasteiger partial charge is 0.312 e. The van der Waals surface area contributed by atoms with E-state index in [4.69, 9.17) is 9.84 Å². The lowest BCUT2D eigenvalue weighted by Crippen LogP contribution is -2.40. The Hall–Kier alpha value is -1.06. The van der Waals surface area contributed by atoms with Crippen LogP contribution >= 0.6 is 0 Å². The van der Waals surface area contributed by atoms with Crippen LogP contribution in [0.1, 0.15) is 59.3 Å². The molecule has 1 N–H and O–H groups in total. The summed E-state index contributed by atoms with van der Waals surface area (Å²) < 4.78 is 5.68. The van der Waals surface area contributed by atoms with Crippen LogP contribution in [0.15, 0.2) is 0 Å². The summed E-state index contributed by atoms with van der Waals surface area (Å²) in [6.45, 7) is 6.06. The molecule has 4 nitrogen and oxygen atoms in total. The summed E-state index contributed by atoms with van der Waals surface area (Å²) in [5.74, 6) is 0.303. The van der Waals surface area contributed by atoms with Crippen LogP contribution in [0.5, 0.6) is 0 Å². The molecule has 118 valence electrons. The Morgan fingerprint density at radius 3 is 2.57 bits per heavy atom. The molecule has 3 saturated carbocycles. The van der Waals surface area contributed by atoms with Crippen molar-refractivity contribution in [1.29, 1.82) is 0 Å². The Morgan fingerprint density at radius 1 is 1.24 bits per heavy atom. The number of fused-ring (bicyclic) bond motifs is 1. The first-order valence-electron chi connectivity index (χ1n) is 8.19. The lowest BCUT2D eigenvalue weighted by Gasteiger charge is -2.39. The van der Waals surface area contributed by atoms with Gasteiger partial charge < -0.3 is 9.84 Å². The topological polar surface area (TPSA) is 63.6 Å². The van der Waals surface area contributed by atoms with E-state index in [0.29, 0.717) is 17.3 Å². The molecule has 5 atom stereocenters. The zero-order valence-corrected chi connectivity index (χ0v) is 13.2. The van der Waals surface area contributed by atoms with Gasteiger partial charge in [-0.25, -0.2) is 0 Å². The average molecular weight is 294 g/mol. The van der Waals surface area contributed by atoms with E-state index in [1.165, 1.54) is 12.8 Å². The van der Waals surface area contributed by atoms with Crippen molar-refractivity contribution in [1.82, 2.24) is 0 Å². The second-order valence-corrected chi connectivity index (χ2v) is 8.22. The molecule has 3 aliphatic carbocycles. The summed E-state index contributed by atoms with van der Waals surface area (Å²) in [5.41, 5.74) is 0.114. The number of carboxylic acid groups (broad SMARTS) is 1. The monoisotopic (exact) mass is 294 g/mol. The van der Waals surface area contributed by atoms with Gasteiger partial charge >= 0.3 is 11.9 Å². The third-order valence-electron chi connectivity index (χ3n) is 5.99. The van der Waals surface area contributed by atoms with E-state index in [1.807, 2.05) is 13.8 Å². The fraction of sp³-hybridized carbons (Fsp3) is 0.882. The van der Waals surface area contributed by atoms with Gasteiger partial charge in [0, 0.05) is 0 Å². The minimum atomic E-state index is -0.901. The number of ether oxygens (including phenoxy) is 1. The molecule has 0 heterocycles. The molecular formula is C17H26O4. The molecule has 21 heavy (non-hydrogen) atoms. The van der Waals surface area contributed by atoms with Crippen LogP contribution < -0.4 is 0 Å². The zero-order valence-electron chi connectivity index (χ0n) is 13.2. The second kappa shape index (κ2) is 4.72. The zero-order chi connectivity index (χ0) is 15.4. The van der Waals surface area contributed by atoms with Crippen LogP contribution in [0, 0.1) is 28.6 Å². The second-order valence-electron chi connectivity index (χ2n) is 8.22. The number of carbonyl (C=O) groups is 2. The number of esters is 1. The first-order chi connectivity index (χ1) is 9.76. The molecule has 3 fully saturated rings. The average Bonchev–Trinajstić information content (AvgIpc) is 2.89. The van der Waals surface area contributed by atoms with Crippen molar-refractivity contribution in [2.45, 2.75) is 65.4 Å². The third kappa shape index (κ3) is 2.47. The largest absolute Gasteiger partial charge is 0.481 e. The highest BCUT2D eigenvalue weighted by atomic mass is 16.5. The Labute approximate surface area is 126 Å². The van der Waals surface area contributed by atoms with E-state index in [-0.39, 0.29) is 23.7 Å². The molecule has 1 spiro atoms. The Morgan fingerprint density at radius 2 is 1.95 bits per heavy atom. The Balaban J connectivity index is 1.71. The molecule has 0 aromatic heterocycles. The quantitative estimate of drug-likeness (QED) is 0.791. The summed E-state index contributed by atoms with van der Waals surface area (Å²) in [6.07, 6.45) is 4.81. The van der Waals surface area contributed by atoms with Gasteiger partial charge in [-0.2, -0.15) is 0 Å². The third-order valence-corrected chi connectivity index (χ3v) is 5.99. The van der Waals surface area contributed by atoms with Gasteiger partial charge in [-0.15, -0.1) is 0 Å². The lowest BCUT2D eigenvalue weighted by molar-refractivity contribution is -0.169. The van der Waals surface area contributed by atoms with Crippen molar-refractivity contribution < 1.29 is 19.4 Å². The molecule has 0 saturated heterocycles. The van der Waals surface area contributed by atoms with Gasteiger partial charge in [0.2, 0.25) is 0 Å². The molecule has 3 rings (SSSR count). The van der Waals surface area contributed by atoms with Gasteiger partial charge in [0.1, 0.15) is 6.10 Å². The van der Waals surface area contributed by atoms with Gasteiger partial charge in [0.15, 0.2) is 0 Å². The summed E-state index contributed by atoms with van der Waals surface area (Å²) in [5, 5.41) is 8.98. The van der Waals surface area contributed by atoms with Gasteiger partial charge in [0.05, 0.1) is 11.8 Å². The molecular weight excluding hydrogens is 268 g/mol. The van der Waals surface area contributed by atoms with Crippen molar-refractivity contribution in [2.75, 3.05) is 0 Å². The van der Waals surface area contributed by atoms with Gasteiger partial charge in [-0.3, -0.25) is 9.59 Å². The van der Waals surface area contributed by atoms with Crippen molar-refractivity contribution in [3.63, 3.8) is 0 Å². The fourth-order valence-electron chi connectivity index (χ4n) is 5.15. The van der Waals surface area contributed by atoms with E-state index >= 15 is 0 Å². The fourth-order valence-corrected chi connectivity index (χ4v) is 5.15. The lowest BCUT2D eigenvalue weighted by atomic mass is 9.67. The molecule has 2 bridgehead atoms. The number of carboxylic acids is 1. The van der Waals surface area contributed by atoms with Gasteiger partial charge in [0.25, 0.3) is 0 Å². The molecule has 0 amide bonds. The van der Waals surface area contributed by atoms with Crippen molar-refractivity contribution >= 4 is 11.9 Å². The molecule has 0 aromatic rings. The normalized spacial score (nSPS) is 41.5. The number of hydrogen-bond donors (Lipinski definition) is 1. The Bertz CT molecular complexity index is 467. The van der Waals surface area contributed by atoms with Crippen LogP contribution in [-0.4, -0.2) is 23.1 Å². The van der Waals surface area contributed by atoms with E-state index in [9.17, 15) is 9.59 Å². The highest BCUT2D eigenvalue weighted by molar-refractivity contribution is 5.79. The van der Waals surface area contributed by atoms with Gasteiger partial charge in [-0.05, 0) is 55.3 Å². The molecule has 5 unspecified atom stereocenters. The van der Waals surface area contributed by atoms with Crippen molar-refractivity contribution in [3.05, 3.63) is 0 Å². The predicted molar refractivity (Wildman–Crippen MR) is 77.6 cm³/mol. The number of rotatable bonds is 5. The predicted octanol–water partition coefficient (Wildman–Crippen LogP) is 3.25. The number of aliphatic carboxylic acids is 1. The standard InChI is InChI=1S/C17H26O4/c1-10(2)13(4-14(18)19)21-15(20)17-6-11(3)5-16(9-17)7-12(16)8-17/h10-13H,4-9H2,1-3H3,(H,18,19). The van der Waals surface area contributed by atoms with Crippen molar-refractivity contribution in [3.8, 4) is 0 Å². The molecule has 0 aromatic carbocycles. The molecule has 4 heteroatoms. The minimum absolute atomic E-state index is 0.0346. The maximum absolute atomic E-state index is 12.8. The summed E-state index contributed by atoms with van der Waals surface area (Å²) in [4.78, 5) is 23.7. The Kier molecular flexibility index (Phi) is 3.34. The van der Waals surface area contributed by atoms with Crippen LogP contribution in [0.3, 0.4) is 0 Å².